The number of carboxylic acids is 1. The molecule has 1 aromatic rings. The molecule has 0 unspecified atom stereocenters. The zero-order chi connectivity index (χ0) is 15.6. The van der Waals surface area contributed by atoms with Gasteiger partial charge >= 0.3 is 12.1 Å². The normalized spacial score (nSPS) is 16.1. The lowest BCUT2D eigenvalue weighted by Crippen LogP contribution is -2.34. The minimum absolute atomic E-state index is 0.0640. The van der Waals surface area contributed by atoms with Crippen molar-refractivity contribution in [2.24, 2.45) is 0 Å². The molecule has 1 aliphatic carbocycles. The third-order valence-corrected chi connectivity index (χ3v) is 3.46. The number of carboxylic acid groups (broad SMARTS) is 1. The van der Waals surface area contributed by atoms with Gasteiger partial charge in [0.15, 0.2) is 0 Å². The van der Waals surface area contributed by atoms with Crippen molar-refractivity contribution < 1.29 is 27.9 Å². The molecular formula is C13H15F3N2O3. The molecule has 116 valence electrons. The molecule has 0 bridgehead atoms. The van der Waals surface area contributed by atoms with E-state index in [-0.39, 0.29) is 12.6 Å². The van der Waals surface area contributed by atoms with Gasteiger partial charge in [0.1, 0.15) is 6.54 Å². The Labute approximate surface area is 118 Å². The largest absolute Gasteiger partial charge is 0.478 e. The minimum atomic E-state index is -4.76. The summed E-state index contributed by atoms with van der Waals surface area (Å²) in [5.74, 6) is -2.08. The average Bonchev–Trinajstić information content (AvgIpc) is 2.96. The number of carbonyl (C=O) groups is 2. The zero-order valence-electron chi connectivity index (χ0n) is 11.1. The summed E-state index contributed by atoms with van der Waals surface area (Å²) in [7, 11) is 0. The van der Waals surface area contributed by atoms with Crippen molar-refractivity contribution in [1.29, 1.82) is 0 Å². The molecule has 0 aromatic carbocycles. The van der Waals surface area contributed by atoms with E-state index in [1.165, 1.54) is 0 Å². The number of aromatic nitrogens is 1. The number of nitrogens with one attached hydrogen (secondary N) is 1. The predicted octanol–water partition coefficient (Wildman–Crippen LogP) is 2.26. The molecule has 0 saturated heterocycles. The molecule has 0 atom stereocenters. The smallest absolute Gasteiger partial charge is 0.418 e. The quantitative estimate of drug-likeness (QED) is 0.896. The van der Waals surface area contributed by atoms with Crippen molar-refractivity contribution in [3.8, 4) is 0 Å². The molecule has 1 saturated carbocycles. The van der Waals surface area contributed by atoms with Crippen LogP contribution in [0.3, 0.4) is 0 Å². The number of nitrogens with zero attached hydrogens (tertiary/aromatic N) is 1. The van der Waals surface area contributed by atoms with Crippen LogP contribution in [0, 0.1) is 0 Å². The van der Waals surface area contributed by atoms with Gasteiger partial charge in [-0.15, -0.1) is 0 Å². The van der Waals surface area contributed by atoms with Crippen LogP contribution in [-0.4, -0.2) is 27.6 Å². The van der Waals surface area contributed by atoms with E-state index in [0.717, 1.165) is 36.4 Å². The highest BCUT2D eigenvalue weighted by Gasteiger charge is 2.37. The topological polar surface area (TPSA) is 71.3 Å². The van der Waals surface area contributed by atoms with E-state index in [1.807, 2.05) is 0 Å². The van der Waals surface area contributed by atoms with E-state index in [2.05, 4.69) is 5.32 Å². The van der Waals surface area contributed by atoms with Crippen LogP contribution < -0.4 is 5.32 Å². The van der Waals surface area contributed by atoms with Gasteiger partial charge in [0, 0.05) is 18.4 Å². The molecule has 1 aromatic heterocycles. The molecule has 5 nitrogen and oxygen atoms in total. The highest BCUT2D eigenvalue weighted by atomic mass is 19.4. The van der Waals surface area contributed by atoms with Gasteiger partial charge in [0.2, 0.25) is 5.91 Å². The van der Waals surface area contributed by atoms with Crippen molar-refractivity contribution in [3.05, 3.63) is 23.5 Å². The summed E-state index contributed by atoms with van der Waals surface area (Å²) in [4.78, 5) is 22.6. The van der Waals surface area contributed by atoms with E-state index >= 15 is 0 Å². The Bertz CT molecular complexity index is 545. The second-order valence-electron chi connectivity index (χ2n) is 5.11. The molecule has 2 N–H and O–H groups in total. The van der Waals surface area contributed by atoms with Crippen LogP contribution in [0.5, 0.6) is 0 Å². The summed E-state index contributed by atoms with van der Waals surface area (Å²) in [5.41, 5.74) is -2.10. The molecule has 1 aliphatic rings. The Morgan fingerprint density at radius 3 is 2.38 bits per heavy atom. The Morgan fingerprint density at radius 1 is 1.29 bits per heavy atom. The van der Waals surface area contributed by atoms with Gasteiger partial charge in [0.05, 0.1) is 11.1 Å². The molecule has 2 rings (SSSR count). The fraction of sp³-hybridized carbons (Fsp3) is 0.538. The first kappa shape index (κ1) is 15.4. The number of hydrogen-bond donors (Lipinski definition) is 2. The minimum Gasteiger partial charge on any atom is -0.478 e. The molecule has 0 spiro atoms. The van der Waals surface area contributed by atoms with E-state index in [0.29, 0.717) is 6.20 Å². The second kappa shape index (κ2) is 5.79. The van der Waals surface area contributed by atoms with Crippen LogP contribution in [0.15, 0.2) is 12.4 Å². The van der Waals surface area contributed by atoms with Gasteiger partial charge in [-0.3, -0.25) is 4.79 Å². The molecule has 1 fully saturated rings. The standard InChI is InChI=1S/C13H15F3N2O3/c14-13(15,16)10-6-18(5-9(10)12(20)21)7-11(19)17-8-3-1-2-4-8/h5-6,8H,1-4,7H2,(H,17,19)(H,20,21). The van der Waals surface area contributed by atoms with Crippen LogP contribution in [-0.2, 0) is 17.5 Å². The average molecular weight is 304 g/mol. The van der Waals surface area contributed by atoms with Gasteiger partial charge in [-0.1, -0.05) is 12.8 Å². The summed E-state index contributed by atoms with van der Waals surface area (Å²) in [5, 5.41) is 11.5. The first-order valence-electron chi connectivity index (χ1n) is 6.57. The summed E-state index contributed by atoms with van der Waals surface area (Å²) < 4.78 is 39.1. The van der Waals surface area contributed by atoms with Gasteiger partial charge < -0.3 is 15.0 Å². The van der Waals surface area contributed by atoms with Gasteiger partial charge in [-0.2, -0.15) is 13.2 Å². The second-order valence-corrected chi connectivity index (χ2v) is 5.11. The van der Waals surface area contributed by atoms with E-state index in [4.69, 9.17) is 5.11 Å². The highest BCUT2D eigenvalue weighted by Crippen LogP contribution is 2.32. The van der Waals surface area contributed by atoms with Gasteiger partial charge in [0.25, 0.3) is 0 Å². The Kier molecular flexibility index (Phi) is 4.24. The molecule has 0 aliphatic heterocycles. The van der Waals surface area contributed by atoms with Gasteiger partial charge in [-0.25, -0.2) is 4.79 Å². The molecule has 1 heterocycles. The van der Waals surface area contributed by atoms with Crippen LogP contribution in [0.25, 0.3) is 0 Å². The Morgan fingerprint density at radius 2 is 1.90 bits per heavy atom. The number of halogens is 3. The lowest BCUT2D eigenvalue weighted by molar-refractivity contribution is -0.138. The number of alkyl halides is 3. The number of aromatic carboxylic acids is 1. The van der Waals surface area contributed by atoms with Crippen LogP contribution in [0.4, 0.5) is 13.2 Å². The van der Waals surface area contributed by atoms with E-state index in [1.54, 1.807) is 0 Å². The maximum absolute atomic E-state index is 12.7. The SMILES string of the molecule is O=C(Cn1cc(C(=O)O)c(C(F)(F)F)c1)NC1CCCC1. The molecular weight excluding hydrogens is 289 g/mol. The third kappa shape index (κ3) is 3.77. The molecule has 8 heteroatoms. The lowest BCUT2D eigenvalue weighted by atomic mass is 10.2. The summed E-state index contributed by atoms with van der Waals surface area (Å²) >= 11 is 0. The maximum atomic E-state index is 12.7. The first-order chi connectivity index (χ1) is 9.77. The molecule has 21 heavy (non-hydrogen) atoms. The summed E-state index contributed by atoms with van der Waals surface area (Å²) in [6.07, 6.45) is 0.501. The number of carbonyl (C=O) groups excluding carboxylic acids is 1. The maximum Gasteiger partial charge on any atom is 0.418 e. The molecule has 0 radical (unpaired) electrons. The van der Waals surface area contributed by atoms with Crippen molar-refractivity contribution in [2.45, 2.75) is 44.4 Å². The number of rotatable bonds is 4. The van der Waals surface area contributed by atoms with E-state index in [9.17, 15) is 22.8 Å². The lowest BCUT2D eigenvalue weighted by Gasteiger charge is -2.12. The Balaban J connectivity index is 2.09. The van der Waals surface area contributed by atoms with E-state index < -0.39 is 29.2 Å². The van der Waals surface area contributed by atoms with Crippen molar-refractivity contribution in [1.82, 2.24) is 9.88 Å². The highest BCUT2D eigenvalue weighted by molar-refractivity contribution is 5.89. The summed E-state index contributed by atoms with van der Waals surface area (Å²) in [6, 6.07) is 0.0640. The van der Waals surface area contributed by atoms with Crippen LogP contribution in [0.1, 0.15) is 41.6 Å². The van der Waals surface area contributed by atoms with Crippen molar-refractivity contribution in [2.75, 3.05) is 0 Å². The fourth-order valence-corrected chi connectivity index (χ4v) is 2.50. The van der Waals surface area contributed by atoms with Crippen LogP contribution in [0.2, 0.25) is 0 Å². The Hall–Kier alpha value is -1.99. The monoisotopic (exact) mass is 304 g/mol. The van der Waals surface area contributed by atoms with Gasteiger partial charge in [-0.05, 0) is 12.8 Å². The number of amides is 1. The first-order valence-corrected chi connectivity index (χ1v) is 6.57. The van der Waals surface area contributed by atoms with Crippen molar-refractivity contribution in [3.63, 3.8) is 0 Å². The van der Waals surface area contributed by atoms with Crippen LogP contribution >= 0.6 is 0 Å². The zero-order valence-corrected chi connectivity index (χ0v) is 11.1. The third-order valence-electron chi connectivity index (χ3n) is 3.46. The summed E-state index contributed by atoms with van der Waals surface area (Å²) in [6.45, 7) is -0.327. The molecule has 1 amide bonds. The fourth-order valence-electron chi connectivity index (χ4n) is 2.50. The number of hydrogen-bond acceptors (Lipinski definition) is 2. The predicted molar refractivity (Wildman–Crippen MR) is 66.8 cm³/mol. The van der Waals surface area contributed by atoms with Crippen molar-refractivity contribution >= 4 is 11.9 Å².